The Balaban J connectivity index is 2.48. The fourth-order valence-corrected chi connectivity index (χ4v) is 5.52. The summed E-state index contributed by atoms with van der Waals surface area (Å²) >= 11 is 1.66. The number of thioether (sulfide) groups is 1. The Kier molecular flexibility index (Phi) is 4.66. The highest BCUT2D eigenvalue weighted by Crippen LogP contribution is 2.31. The van der Waals surface area contributed by atoms with Crippen molar-refractivity contribution in [1.82, 2.24) is 9.78 Å². The van der Waals surface area contributed by atoms with Crippen LogP contribution in [0.1, 0.15) is 18.2 Å². The van der Waals surface area contributed by atoms with Crippen molar-refractivity contribution in [3.8, 4) is 0 Å². The van der Waals surface area contributed by atoms with Gasteiger partial charge < -0.3 is 10.0 Å². The zero-order valence-corrected chi connectivity index (χ0v) is 13.7. The van der Waals surface area contributed by atoms with E-state index in [1.54, 1.807) is 30.4 Å². The van der Waals surface area contributed by atoms with Crippen molar-refractivity contribution in [3.63, 3.8) is 0 Å². The number of anilines is 1. The highest BCUT2D eigenvalue weighted by atomic mass is 32.2. The van der Waals surface area contributed by atoms with Crippen molar-refractivity contribution in [2.75, 3.05) is 28.7 Å². The van der Waals surface area contributed by atoms with E-state index in [4.69, 9.17) is 0 Å². The highest BCUT2D eigenvalue weighted by molar-refractivity contribution is 8.01. The third kappa shape index (κ3) is 2.68. The van der Waals surface area contributed by atoms with E-state index >= 15 is 0 Å². The lowest BCUT2D eigenvalue weighted by atomic mass is 10.2. The monoisotopic (exact) mass is 319 g/mol. The van der Waals surface area contributed by atoms with Gasteiger partial charge in [0.1, 0.15) is 11.2 Å². The van der Waals surface area contributed by atoms with Crippen molar-refractivity contribution >= 4 is 27.4 Å². The molecule has 0 spiro atoms. The molecule has 114 valence electrons. The standard InChI is InChI=1S/C12H21N3O3S2/c1-4-20(17,18)11-8-19-6-5-15(11)12-10(7-16)9(2)13-14(12)3/h11,16H,4-8H2,1-3H3. The fourth-order valence-electron chi connectivity index (χ4n) is 2.55. The van der Waals surface area contributed by atoms with Gasteiger partial charge in [0.2, 0.25) is 0 Å². The van der Waals surface area contributed by atoms with Gasteiger partial charge in [0.15, 0.2) is 9.84 Å². The summed E-state index contributed by atoms with van der Waals surface area (Å²) in [6, 6.07) is 0. The van der Waals surface area contributed by atoms with Crippen LogP contribution in [0.15, 0.2) is 0 Å². The van der Waals surface area contributed by atoms with Crippen LogP contribution in [0.25, 0.3) is 0 Å². The molecule has 1 saturated heterocycles. The largest absolute Gasteiger partial charge is 0.391 e. The Morgan fingerprint density at radius 2 is 2.20 bits per heavy atom. The smallest absolute Gasteiger partial charge is 0.171 e. The van der Waals surface area contributed by atoms with Crippen LogP contribution < -0.4 is 4.90 Å². The van der Waals surface area contributed by atoms with Crippen molar-refractivity contribution in [3.05, 3.63) is 11.3 Å². The van der Waals surface area contributed by atoms with Crippen LogP contribution >= 0.6 is 11.8 Å². The van der Waals surface area contributed by atoms with E-state index in [1.807, 2.05) is 11.8 Å². The van der Waals surface area contributed by atoms with Gasteiger partial charge in [-0.15, -0.1) is 0 Å². The molecule has 1 aromatic heterocycles. The topological polar surface area (TPSA) is 75.4 Å². The van der Waals surface area contributed by atoms with E-state index in [2.05, 4.69) is 5.10 Å². The quantitative estimate of drug-likeness (QED) is 0.873. The second-order valence-corrected chi connectivity index (χ2v) is 8.44. The number of aromatic nitrogens is 2. The van der Waals surface area contributed by atoms with Crippen LogP contribution in [0.3, 0.4) is 0 Å². The van der Waals surface area contributed by atoms with Gasteiger partial charge in [-0.05, 0) is 6.92 Å². The Labute approximate surface area is 124 Å². The number of aryl methyl sites for hydroxylation is 2. The molecule has 2 heterocycles. The number of rotatable bonds is 4. The SMILES string of the molecule is CCS(=O)(=O)C1CSCCN1c1c(CO)c(C)nn1C. The summed E-state index contributed by atoms with van der Waals surface area (Å²) in [7, 11) is -1.38. The highest BCUT2D eigenvalue weighted by Gasteiger charge is 2.35. The first-order valence-corrected chi connectivity index (χ1v) is 9.48. The number of aliphatic hydroxyl groups excluding tert-OH is 1. The minimum Gasteiger partial charge on any atom is -0.391 e. The first kappa shape index (κ1) is 15.7. The zero-order chi connectivity index (χ0) is 14.9. The molecule has 8 heteroatoms. The molecule has 2 rings (SSSR count). The first-order chi connectivity index (χ1) is 9.42. The van der Waals surface area contributed by atoms with Gasteiger partial charge >= 0.3 is 0 Å². The molecule has 0 amide bonds. The molecule has 1 unspecified atom stereocenters. The van der Waals surface area contributed by atoms with Gasteiger partial charge in [0.05, 0.1) is 12.3 Å². The van der Waals surface area contributed by atoms with Crippen molar-refractivity contribution in [2.24, 2.45) is 7.05 Å². The average molecular weight is 319 g/mol. The van der Waals surface area contributed by atoms with Crippen LogP contribution in [0.2, 0.25) is 0 Å². The van der Waals surface area contributed by atoms with E-state index in [-0.39, 0.29) is 12.4 Å². The Bertz CT molecular complexity index is 583. The maximum Gasteiger partial charge on any atom is 0.171 e. The number of sulfone groups is 1. The predicted octanol–water partition coefficient (Wildman–Crippen LogP) is 0.535. The minimum absolute atomic E-state index is 0.125. The lowest BCUT2D eigenvalue weighted by molar-refractivity contribution is 0.281. The lowest BCUT2D eigenvalue weighted by Crippen LogP contribution is -2.49. The maximum atomic E-state index is 12.3. The summed E-state index contributed by atoms with van der Waals surface area (Å²) in [6.07, 6.45) is 0. The van der Waals surface area contributed by atoms with Gasteiger partial charge in [-0.1, -0.05) is 6.92 Å². The van der Waals surface area contributed by atoms with E-state index in [1.165, 1.54) is 0 Å². The summed E-state index contributed by atoms with van der Waals surface area (Å²) < 4.78 is 26.3. The minimum atomic E-state index is -3.17. The van der Waals surface area contributed by atoms with Gasteiger partial charge in [0.25, 0.3) is 0 Å². The number of hydrogen-bond donors (Lipinski definition) is 1. The molecule has 1 aliphatic heterocycles. The summed E-state index contributed by atoms with van der Waals surface area (Å²) in [6.45, 7) is 4.03. The maximum absolute atomic E-state index is 12.3. The van der Waals surface area contributed by atoms with E-state index in [0.717, 1.165) is 22.8 Å². The van der Waals surface area contributed by atoms with E-state index < -0.39 is 15.2 Å². The molecular formula is C12H21N3O3S2. The van der Waals surface area contributed by atoms with Crippen LogP contribution in [0.5, 0.6) is 0 Å². The van der Waals surface area contributed by atoms with E-state index in [9.17, 15) is 13.5 Å². The molecule has 0 aromatic carbocycles. The molecule has 0 aliphatic carbocycles. The van der Waals surface area contributed by atoms with Crippen LogP contribution in [0, 0.1) is 6.92 Å². The number of nitrogens with zero attached hydrogens (tertiary/aromatic N) is 3. The van der Waals surface area contributed by atoms with Crippen molar-refractivity contribution < 1.29 is 13.5 Å². The van der Waals surface area contributed by atoms with Gasteiger partial charge in [-0.2, -0.15) is 16.9 Å². The first-order valence-electron chi connectivity index (χ1n) is 6.61. The number of aliphatic hydroxyl groups is 1. The van der Waals surface area contributed by atoms with Crippen molar-refractivity contribution in [2.45, 2.75) is 25.8 Å². The molecule has 0 radical (unpaired) electrons. The van der Waals surface area contributed by atoms with Gasteiger partial charge in [-0.25, -0.2) is 8.42 Å². The summed E-state index contributed by atoms with van der Waals surface area (Å²) in [4.78, 5) is 1.89. The van der Waals surface area contributed by atoms with Crippen LogP contribution in [0.4, 0.5) is 5.82 Å². The molecule has 0 bridgehead atoms. The molecule has 0 saturated carbocycles. The Morgan fingerprint density at radius 1 is 1.50 bits per heavy atom. The normalized spacial score (nSPS) is 20.4. The second-order valence-electron chi connectivity index (χ2n) is 4.84. The molecule has 20 heavy (non-hydrogen) atoms. The fraction of sp³-hybridized carbons (Fsp3) is 0.750. The van der Waals surface area contributed by atoms with Crippen LogP contribution in [-0.4, -0.2) is 52.5 Å². The lowest BCUT2D eigenvalue weighted by Gasteiger charge is -2.36. The van der Waals surface area contributed by atoms with E-state index in [0.29, 0.717) is 12.3 Å². The molecule has 1 fully saturated rings. The van der Waals surface area contributed by atoms with Crippen molar-refractivity contribution in [1.29, 1.82) is 0 Å². The Hall–Kier alpha value is -0.730. The number of hydrogen-bond acceptors (Lipinski definition) is 6. The zero-order valence-electron chi connectivity index (χ0n) is 12.0. The average Bonchev–Trinajstić information content (AvgIpc) is 2.72. The summed E-state index contributed by atoms with van der Waals surface area (Å²) in [5.74, 6) is 2.29. The molecule has 1 atom stereocenters. The van der Waals surface area contributed by atoms with Gasteiger partial charge in [0, 0.05) is 36.4 Å². The molecule has 1 N–H and O–H groups in total. The third-order valence-corrected chi connectivity index (χ3v) is 6.93. The molecule has 1 aromatic rings. The Morgan fingerprint density at radius 3 is 2.80 bits per heavy atom. The van der Waals surface area contributed by atoms with Crippen LogP contribution in [-0.2, 0) is 23.5 Å². The summed E-state index contributed by atoms with van der Waals surface area (Å²) in [5, 5.41) is 13.3. The molecular weight excluding hydrogens is 298 g/mol. The third-order valence-electron chi connectivity index (χ3n) is 3.64. The predicted molar refractivity (Wildman–Crippen MR) is 81.8 cm³/mol. The van der Waals surface area contributed by atoms with Gasteiger partial charge in [-0.3, -0.25) is 4.68 Å². The molecule has 6 nitrogen and oxygen atoms in total. The summed E-state index contributed by atoms with van der Waals surface area (Å²) in [5.41, 5.74) is 1.46. The second kappa shape index (κ2) is 5.95. The molecule has 1 aliphatic rings.